The summed E-state index contributed by atoms with van der Waals surface area (Å²) in [6, 6.07) is 5.83. The number of hydrogen-bond donors (Lipinski definition) is 1. The first kappa shape index (κ1) is 11.0. The first-order valence-corrected chi connectivity index (χ1v) is 6.35. The van der Waals surface area contributed by atoms with Crippen molar-refractivity contribution in [3.8, 4) is 0 Å². The van der Waals surface area contributed by atoms with Gasteiger partial charge in [0.1, 0.15) is 6.17 Å². The second-order valence-corrected chi connectivity index (χ2v) is 5.22. The molecule has 2 aromatic rings. The number of H-pyrrole nitrogens is 1. The van der Waals surface area contributed by atoms with Crippen LogP contribution >= 0.6 is 27.7 Å². The molecule has 2 rings (SSSR count). The van der Waals surface area contributed by atoms with E-state index in [9.17, 15) is 4.39 Å². The molecular formula is C10H10BrFN2S. The van der Waals surface area contributed by atoms with Gasteiger partial charge in [0.15, 0.2) is 5.16 Å². The Hall–Kier alpha value is -0.550. The number of fused-ring (bicyclic) bond motifs is 1. The maximum atomic E-state index is 12.6. The minimum absolute atomic E-state index is 0.432. The lowest BCUT2D eigenvalue weighted by molar-refractivity contribution is 0.397. The number of rotatable bonds is 3. The maximum Gasteiger partial charge on any atom is 0.166 e. The predicted molar refractivity (Wildman–Crippen MR) is 65.1 cm³/mol. The van der Waals surface area contributed by atoms with Crippen LogP contribution in [0.1, 0.15) is 6.92 Å². The van der Waals surface area contributed by atoms with Crippen molar-refractivity contribution < 1.29 is 4.39 Å². The molecule has 0 aliphatic rings. The number of imidazole rings is 1. The van der Waals surface area contributed by atoms with E-state index in [1.54, 1.807) is 6.92 Å². The third kappa shape index (κ3) is 2.72. The number of aromatic nitrogens is 2. The molecule has 0 saturated heterocycles. The molecule has 2 nitrogen and oxygen atoms in total. The van der Waals surface area contributed by atoms with Crippen molar-refractivity contribution in [1.82, 2.24) is 9.97 Å². The number of nitrogens with one attached hydrogen (secondary N) is 1. The summed E-state index contributed by atoms with van der Waals surface area (Å²) in [6.45, 7) is 1.55. The van der Waals surface area contributed by atoms with E-state index in [-0.39, 0.29) is 0 Å². The Morgan fingerprint density at radius 1 is 1.60 bits per heavy atom. The largest absolute Gasteiger partial charge is 0.333 e. The molecule has 0 bridgehead atoms. The van der Waals surface area contributed by atoms with Gasteiger partial charge in [-0.3, -0.25) is 0 Å². The summed E-state index contributed by atoms with van der Waals surface area (Å²) in [4.78, 5) is 7.49. The van der Waals surface area contributed by atoms with Gasteiger partial charge in [-0.05, 0) is 25.1 Å². The summed E-state index contributed by atoms with van der Waals surface area (Å²) < 4.78 is 13.6. The molecular weight excluding hydrogens is 279 g/mol. The van der Waals surface area contributed by atoms with Crippen molar-refractivity contribution in [3.63, 3.8) is 0 Å². The molecule has 1 aromatic carbocycles. The van der Waals surface area contributed by atoms with E-state index in [1.165, 1.54) is 11.8 Å². The zero-order valence-corrected chi connectivity index (χ0v) is 10.5. The van der Waals surface area contributed by atoms with Crippen molar-refractivity contribution >= 4 is 38.7 Å². The van der Waals surface area contributed by atoms with E-state index in [1.807, 2.05) is 18.2 Å². The van der Waals surface area contributed by atoms with E-state index < -0.39 is 6.17 Å². The Morgan fingerprint density at radius 2 is 2.40 bits per heavy atom. The fraction of sp³-hybridized carbons (Fsp3) is 0.300. The molecule has 5 heteroatoms. The molecule has 0 saturated carbocycles. The highest BCUT2D eigenvalue weighted by atomic mass is 79.9. The Labute approximate surface area is 99.8 Å². The first-order chi connectivity index (χ1) is 7.15. The van der Waals surface area contributed by atoms with Gasteiger partial charge in [0.25, 0.3) is 0 Å². The van der Waals surface area contributed by atoms with Crippen molar-refractivity contribution in [2.24, 2.45) is 0 Å². The van der Waals surface area contributed by atoms with Crippen LogP contribution in [-0.2, 0) is 0 Å². The van der Waals surface area contributed by atoms with Crippen molar-refractivity contribution in [2.45, 2.75) is 18.3 Å². The van der Waals surface area contributed by atoms with Gasteiger partial charge in [0.05, 0.1) is 11.0 Å². The minimum atomic E-state index is -0.810. The number of benzene rings is 1. The van der Waals surface area contributed by atoms with Gasteiger partial charge in [0.2, 0.25) is 0 Å². The lowest BCUT2D eigenvalue weighted by Gasteiger charge is -1.96. The van der Waals surface area contributed by atoms with Crippen LogP contribution in [-0.4, -0.2) is 21.9 Å². The first-order valence-electron chi connectivity index (χ1n) is 4.57. The molecule has 1 atom stereocenters. The van der Waals surface area contributed by atoms with E-state index in [2.05, 4.69) is 25.9 Å². The number of halogens is 2. The Bertz CT molecular complexity index is 469. The van der Waals surface area contributed by atoms with Crippen LogP contribution < -0.4 is 0 Å². The SMILES string of the molecule is CC(F)CSc1nc2ccc(Br)cc2[nH]1. The average Bonchev–Trinajstić information content (AvgIpc) is 2.56. The number of thioether (sulfide) groups is 1. The molecule has 1 N–H and O–H groups in total. The van der Waals surface area contributed by atoms with Gasteiger partial charge in [-0.1, -0.05) is 27.7 Å². The smallest absolute Gasteiger partial charge is 0.166 e. The summed E-state index contributed by atoms with van der Waals surface area (Å²) in [5.41, 5.74) is 1.88. The topological polar surface area (TPSA) is 28.7 Å². The zero-order valence-electron chi connectivity index (χ0n) is 8.13. The van der Waals surface area contributed by atoms with E-state index in [4.69, 9.17) is 0 Å². The van der Waals surface area contributed by atoms with Gasteiger partial charge in [0, 0.05) is 10.2 Å². The summed E-state index contributed by atoms with van der Waals surface area (Å²) >= 11 is 4.79. The van der Waals surface area contributed by atoms with Crippen LogP contribution in [0.4, 0.5) is 4.39 Å². The number of alkyl halides is 1. The lowest BCUT2D eigenvalue weighted by atomic mass is 10.3. The molecule has 0 radical (unpaired) electrons. The molecule has 15 heavy (non-hydrogen) atoms. The van der Waals surface area contributed by atoms with Gasteiger partial charge in [-0.2, -0.15) is 0 Å². The highest BCUT2D eigenvalue weighted by Crippen LogP contribution is 2.23. The molecule has 80 valence electrons. The Balaban J connectivity index is 2.23. The second-order valence-electron chi connectivity index (χ2n) is 3.30. The van der Waals surface area contributed by atoms with Crippen LogP contribution in [0.3, 0.4) is 0 Å². The van der Waals surface area contributed by atoms with Crippen LogP contribution in [0.15, 0.2) is 27.8 Å². The standard InChI is InChI=1S/C10H10BrFN2S/c1-6(12)5-15-10-13-8-3-2-7(11)4-9(8)14-10/h2-4,6H,5H2,1H3,(H,13,14). The molecule has 0 spiro atoms. The van der Waals surface area contributed by atoms with Gasteiger partial charge >= 0.3 is 0 Å². The molecule has 1 unspecified atom stereocenters. The second kappa shape index (κ2) is 4.53. The zero-order chi connectivity index (χ0) is 10.8. The predicted octanol–water partition coefficient (Wildman–Crippen LogP) is 3.78. The van der Waals surface area contributed by atoms with Crippen molar-refractivity contribution in [3.05, 3.63) is 22.7 Å². The van der Waals surface area contributed by atoms with Crippen LogP contribution in [0.25, 0.3) is 11.0 Å². The van der Waals surface area contributed by atoms with Crippen molar-refractivity contribution in [1.29, 1.82) is 0 Å². The van der Waals surface area contributed by atoms with E-state index in [0.29, 0.717) is 5.75 Å². The van der Waals surface area contributed by atoms with Gasteiger partial charge in [-0.25, -0.2) is 9.37 Å². The van der Waals surface area contributed by atoms with Crippen molar-refractivity contribution in [2.75, 3.05) is 5.75 Å². The molecule has 0 aliphatic heterocycles. The normalized spacial score (nSPS) is 13.3. The monoisotopic (exact) mass is 288 g/mol. The van der Waals surface area contributed by atoms with Gasteiger partial charge in [-0.15, -0.1) is 0 Å². The number of aromatic amines is 1. The number of hydrogen-bond acceptors (Lipinski definition) is 2. The molecule has 0 fully saturated rings. The van der Waals surface area contributed by atoms with Gasteiger partial charge < -0.3 is 4.98 Å². The summed E-state index contributed by atoms with van der Waals surface area (Å²) in [6.07, 6.45) is -0.810. The molecule has 0 amide bonds. The fourth-order valence-electron chi connectivity index (χ4n) is 1.22. The van der Waals surface area contributed by atoms with E-state index in [0.717, 1.165) is 20.7 Å². The maximum absolute atomic E-state index is 12.6. The fourth-order valence-corrected chi connectivity index (χ4v) is 2.31. The molecule has 0 aliphatic carbocycles. The lowest BCUT2D eigenvalue weighted by Crippen LogP contribution is -1.95. The Morgan fingerprint density at radius 3 is 3.13 bits per heavy atom. The Kier molecular flexibility index (Phi) is 3.31. The third-order valence-electron chi connectivity index (χ3n) is 1.87. The summed E-state index contributed by atoms with van der Waals surface area (Å²) in [5, 5.41) is 0.771. The van der Waals surface area contributed by atoms with Crippen LogP contribution in [0.5, 0.6) is 0 Å². The number of nitrogens with zero attached hydrogens (tertiary/aromatic N) is 1. The third-order valence-corrected chi connectivity index (χ3v) is 3.46. The van der Waals surface area contributed by atoms with E-state index >= 15 is 0 Å². The highest BCUT2D eigenvalue weighted by molar-refractivity contribution is 9.10. The minimum Gasteiger partial charge on any atom is -0.333 e. The van der Waals surface area contributed by atoms with Crippen LogP contribution in [0, 0.1) is 0 Å². The summed E-state index contributed by atoms with van der Waals surface area (Å²) in [7, 11) is 0. The quantitative estimate of drug-likeness (QED) is 0.871. The average molecular weight is 289 g/mol. The highest BCUT2D eigenvalue weighted by Gasteiger charge is 2.05. The molecule has 1 heterocycles. The molecule has 1 aromatic heterocycles. The van der Waals surface area contributed by atoms with Crippen LogP contribution in [0.2, 0.25) is 0 Å². The summed E-state index contributed by atoms with van der Waals surface area (Å²) in [5.74, 6) is 0.432.